The summed E-state index contributed by atoms with van der Waals surface area (Å²) < 4.78 is 5.57. The molecule has 28 heavy (non-hydrogen) atoms. The first-order valence-electron chi connectivity index (χ1n) is 9.10. The van der Waals surface area contributed by atoms with Gasteiger partial charge in [-0.3, -0.25) is 0 Å². The molecule has 1 aliphatic heterocycles. The Hall–Kier alpha value is -3.20. The number of amides is 1. The highest BCUT2D eigenvalue weighted by Gasteiger charge is 2.25. The van der Waals surface area contributed by atoms with E-state index in [1.54, 1.807) is 41.3 Å². The fourth-order valence-corrected chi connectivity index (χ4v) is 3.03. The van der Waals surface area contributed by atoms with Gasteiger partial charge in [-0.2, -0.15) is 0 Å². The van der Waals surface area contributed by atoms with E-state index in [0.717, 1.165) is 12.8 Å². The van der Waals surface area contributed by atoms with E-state index in [2.05, 4.69) is 34.2 Å². The zero-order valence-electron chi connectivity index (χ0n) is 16.1. The van der Waals surface area contributed by atoms with Gasteiger partial charge in [0.25, 0.3) is 0 Å². The summed E-state index contributed by atoms with van der Waals surface area (Å²) in [5, 5.41) is 8.26. The van der Waals surface area contributed by atoms with Gasteiger partial charge in [0.05, 0.1) is 0 Å². The van der Waals surface area contributed by atoms with Crippen LogP contribution < -0.4 is 16.2 Å². The normalized spacial score (nSPS) is 15.3. The van der Waals surface area contributed by atoms with Crippen molar-refractivity contribution in [2.24, 2.45) is 10.2 Å². The van der Waals surface area contributed by atoms with Crippen LogP contribution in [0, 0.1) is 0 Å². The molecule has 0 spiro atoms. The van der Waals surface area contributed by atoms with E-state index in [1.165, 1.54) is 0 Å². The maximum Gasteiger partial charge on any atom is 0.415 e. The molecule has 1 aliphatic rings. The van der Waals surface area contributed by atoms with Crippen molar-refractivity contribution in [3.63, 3.8) is 0 Å². The van der Waals surface area contributed by atoms with Crippen LogP contribution in [0.15, 0.2) is 46.6 Å². The highest BCUT2D eigenvalue weighted by Crippen LogP contribution is 2.31. The van der Waals surface area contributed by atoms with Crippen LogP contribution in [0.1, 0.15) is 12.8 Å². The average molecular weight is 383 g/mol. The average Bonchev–Trinajstić information content (AvgIpc) is 2.68. The van der Waals surface area contributed by atoms with Crippen molar-refractivity contribution in [3.05, 3.63) is 36.4 Å². The fourth-order valence-electron chi connectivity index (χ4n) is 3.03. The lowest BCUT2D eigenvalue weighted by Crippen LogP contribution is -2.45. The van der Waals surface area contributed by atoms with Crippen LogP contribution in [-0.2, 0) is 0 Å². The quantitative estimate of drug-likeness (QED) is 0.782. The standard InChI is InChI=1S/C19H25N7O2/c1-25(2)13-9-11-26(12-10-13)19(27)28-16-6-4-3-5-14(16)23-24-15-7-8-17(20)22-18(15)21/h3-8,13H,9-12H2,1-2H3,(H4,20,21,22)/b24-23+. The second-order valence-corrected chi connectivity index (χ2v) is 6.86. The first kappa shape index (κ1) is 19.6. The van der Waals surface area contributed by atoms with Crippen molar-refractivity contribution in [1.29, 1.82) is 0 Å². The number of nitrogen functional groups attached to an aromatic ring is 2. The number of benzene rings is 1. The summed E-state index contributed by atoms with van der Waals surface area (Å²) in [6.07, 6.45) is 1.47. The van der Waals surface area contributed by atoms with Gasteiger partial charge in [0.1, 0.15) is 17.2 Å². The molecule has 3 rings (SSSR count). The van der Waals surface area contributed by atoms with Crippen molar-refractivity contribution >= 4 is 29.1 Å². The number of anilines is 2. The van der Waals surface area contributed by atoms with Gasteiger partial charge in [-0.1, -0.05) is 12.1 Å². The van der Waals surface area contributed by atoms with Crippen LogP contribution in [0.2, 0.25) is 0 Å². The summed E-state index contributed by atoms with van der Waals surface area (Å²) in [7, 11) is 4.12. The monoisotopic (exact) mass is 383 g/mol. The largest absolute Gasteiger partial charge is 0.415 e. The van der Waals surface area contributed by atoms with E-state index in [-0.39, 0.29) is 11.9 Å². The molecule has 4 N–H and O–H groups in total. The van der Waals surface area contributed by atoms with Crippen molar-refractivity contribution in [2.75, 3.05) is 38.7 Å². The summed E-state index contributed by atoms with van der Waals surface area (Å²) in [6.45, 7) is 1.33. The molecule has 2 heterocycles. The number of ether oxygens (including phenoxy) is 1. The third kappa shape index (κ3) is 4.74. The Bertz CT molecular complexity index is 861. The van der Waals surface area contributed by atoms with E-state index in [0.29, 0.717) is 42.1 Å². The highest BCUT2D eigenvalue weighted by atomic mass is 16.6. The third-order valence-electron chi connectivity index (χ3n) is 4.70. The summed E-state index contributed by atoms with van der Waals surface area (Å²) in [5.74, 6) is 0.832. The molecule has 0 bridgehead atoms. The van der Waals surface area contributed by atoms with Crippen molar-refractivity contribution in [1.82, 2.24) is 14.8 Å². The molecule has 0 aliphatic carbocycles. The number of aromatic nitrogens is 1. The zero-order valence-corrected chi connectivity index (χ0v) is 16.1. The van der Waals surface area contributed by atoms with Crippen LogP contribution in [-0.4, -0.2) is 54.1 Å². The lowest BCUT2D eigenvalue weighted by atomic mass is 10.0. The SMILES string of the molecule is CN(C)C1CCN(C(=O)Oc2ccccc2/N=N/c2ccc(N)nc2N)CC1. The molecular weight excluding hydrogens is 358 g/mol. The van der Waals surface area contributed by atoms with Crippen LogP contribution in [0.25, 0.3) is 0 Å². The number of rotatable bonds is 4. The molecular formula is C19H25N7O2. The Morgan fingerprint density at radius 1 is 1.11 bits per heavy atom. The van der Waals surface area contributed by atoms with E-state index in [4.69, 9.17) is 16.2 Å². The number of pyridine rings is 1. The number of piperidine rings is 1. The molecule has 148 valence electrons. The molecule has 2 aromatic rings. The van der Waals surface area contributed by atoms with Crippen LogP contribution in [0.4, 0.5) is 27.8 Å². The fraction of sp³-hybridized carbons (Fsp3) is 0.368. The van der Waals surface area contributed by atoms with Crippen LogP contribution in [0.5, 0.6) is 5.75 Å². The number of nitrogens with two attached hydrogens (primary N) is 2. The molecule has 1 amide bonds. The van der Waals surface area contributed by atoms with Gasteiger partial charge in [0.2, 0.25) is 0 Å². The predicted molar refractivity (Wildman–Crippen MR) is 108 cm³/mol. The number of carbonyl (C=O) groups is 1. The zero-order chi connectivity index (χ0) is 20.1. The Kier molecular flexibility index (Phi) is 6.05. The summed E-state index contributed by atoms with van der Waals surface area (Å²) in [4.78, 5) is 20.4. The molecule has 0 atom stereocenters. The summed E-state index contributed by atoms with van der Waals surface area (Å²) >= 11 is 0. The Morgan fingerprint density at radius 2 is 1.79 bits per heavy atom. The molecule has 1 aromatic carbocycles. The van der Waals surface area contributed by atoms with Gasteiger partial charge in [-0.15, -0.1) is 10.2 Å². The Balaban J connectivity index is 1.68. The number of para-hydroxylation sites is 1. The number of hydrogen-bond donors (Lipinski definition) is 2. The predicted octanol–water partition coefficient (Wildman–Crippen LogP) is 3.19. The number of azo groups is 1. The van der Waals surface area contributed by atoms with Crippen LogP contribution in [0.3, 0.4) is 0 Å². The van der Waals surface area contributed by atoms with Gasteiger partial charge in [0.15, 0.2) is 11.6 Å². The minimum absolute atomic E-state index is 0.182. The smallest absolute Gasteiger partial charge is 0.408 e. The first-order valence-corrected chi connectivity index (χ1v) is 9.10. The van der Waals surface area contributed by atoms with Gasteiger partial charge in [0, 0.05) is 19.1 Å². The second-order valence-electron chi connectivity index (χ2n) is 6.86. The van der Waals surface area contributed by atoms with E-state index < -0.39 is 0 Å². The summed E-state index contributed by atoms with van der Waals surface area (Å²) in [6, 6.07) is 10.7. The van der Waals surface area contributed by atoms with Gasteiger partial charge < -0.3 is 26.0 Å². The lowest BCUT2D eigenvalue weighted by Gasteiger charge is -2.34. The molecule has 0 unspecified atom stereocenters. The highest BCUT2D eigenvalue weighted by molar-refractivity contribution is 5.73. The van der Waals surface area contributed by atoms with Gasteiger partial charge in [-0.05, 0) is 51.2 Å². The second kappa shape index (κ2) is 8.66. The van der Waals surface area contributed by atoms with Crippen molar-refractivity contribution in [3.8, 4) is 5.75 Å². The first-order chi connectivity index (χ1) is 13.4. The lowest BCUT2D eigenvalue weighted by molar-refractivity contribution is 0.118. The number of hydrogen-bond acceptors (Lipinski definition) is 8. The van der Waals surface area contributed by atoms with E-state index >= 15 is 0 Å². The van der Waals surface area contributed by atoms with Gasteiger partial charge >= 0.3 is 6.09 Å². The topological polar surface area (TPSA) is 122 Å². The van der Waals surface area contributed by atoms with Crippen LogP contribution >= 0.6 is 0 Å². The van der Waals surface area contributed by atoms with Crippen molar-refractivity contribution < 1.29 is 9.53 Å². The minimum Gasteiger partial charge on any atom is -0.408 e. The molecule has 1 aromatic heterocycles. The Morgan fingerprint density at radius 3 is 2.46 bits per heavy atom. The summed E-state index contributed by atoms with van der Waals surface area (Å²) in [5.41, 5.74) is 12.2. The van der Waals surface area contributed by atoms with Crippen molar-refractivity contribution in [2.45, 2.75) is 18.9 Å². The van der Waals surface area contributed by atoms with E-state index in [9.17, 15) is 4.79 Å². The maximum atomic E-state index is 12.5. The maximum absolute atomic E-state index is 12.5. The third-order valence-corrected chi connectivity index (χ3v) is 4.70. The molecule has 9 nitrogen and oxygen atoms in total. The number of nitrogens with zero attached hydrogens (tertiary/aromatic N) is 5. The molecule has 1 saturated heterocycles. The Labute approximate surface area is 164 Å². The number of carbonyl (C=O) groups excluding carboxylic acids is 1. The van der Waals surface area contributed by atoms with E-state index in [1.807, 2.05) is 0 Å². The molecule has 0 saturated carbocycles. The molecule has 9 heteroatoms. The molecule has 1 fully saturated rings. The minimum atomic E-state index is -0.381. The molecule has 0 radical (unpaired) electrons. The van der Waals surface area contributed by atoms with Gasteiger partial charge in [-0.25, -0.2) is 9.78 Å². The number of likely N-dealkylation sites (tertiary alicyclic amines) is 1.